The van der Waals surface area contributed by atoms with Gasteiger partial charge in [0, 0.05) is 20.9 Å². The molecule has 1 nitrogen and oxygen atoms in total. The molecule has 0 amide bonds. The number of rotatable bonds is 1. The van der Waals surface area contributed by atoms with Crippen molar-refractivity contribution in [3.05, 3.63) is 97.1 Å². The summed E-state index contributed by atoms with van der Waals surface area (Å²) < 4.78 is 2.68. The van der Waals surface area contributed by atoms with E-state index in [1.807, 2.05) is 11.3 Å². The Morgan fingerprint density at radius 3 is 1.97 bits per heavy atom. The van der Waals surface area contributed by atoms with E-state index in [0.717, 1.165) is 0 Å². The molecule has 0 saturated carbocycles. The van der Waals surface area contributed by atoms with E-state index in [-0.39, 0.29) is 0 Å². The molecule has 5 aromatic carbocycles. The number of fused-ring (bicyclic) bond motifs is 10. The van der Waals surface area contributed by atoms with Crippen molar-refractivity contribution < 1.29 is 0 Å². The second kappa shape index (κ2) is 5.94. The summed E-state index contributed by atoms with van der Waals surface area (Å²) in [5.74, 6) is 0. The highest BCUT2D eigenvalue weighted by Gasteiger charge is 2.17. The van der Waals surface area contributed by atoms with Gasteiger partial charge in [0.25, 0.3) is 0 Å². The van der Waals surface area contributed by atoms with E-state index < -0.39 is 0 Å². The third kappa shape index (κ3) is 2.11. The van der Waals surface area contributed by atoms with Gasteiger partial charge >= 0.3 is 0 Å². The van der Waals surface area contributed by atoms with Gasteiger partial charge in [0.2, 0.25) is 0 Å². The van der Waals surface area contributed by atoms with Crippen LogP contribution in [-0.4, -0.2) is 4.98 Å². The first kappa shape index (κ1) is 16.2. The van der Waals surface area contributed by atoms with Crippen LogP contribution in [0.2, 0.25) is 0 Å². The van der Waals surface area contributed by atoms with Crippen LogP contribution in [0.3, 0.4) is 0 Å². The average molecular weight is 400 g/mol. The molecule has 0 fully saturated rings. The molecule has 0 aliphatic rings. The Hall–Kier alpha value is -3.62. The van der Waals surface area contributed by atoms with E-state index in [1.165, 1.54) is 63.9 Å². The molecule has 7 aromatic rings. The molecule has 7 rings (SSSR count). The maximum Gasteiger partial charge on any atom is 0.0655 e. The molecule has 0 radical (unpaired) electrons. The van der Waals surface area contributed by atoms with Gasteiger partial charge < -0.3 is 4.98 Å². The van der Waals surface area contributed by atoms with Crippen LogP contribution < -0.4 is 0 Å². The van der Waals surface area contributed by atoms with Crippen LogP contribution in [0.1, 0.15) is 0 Å². The molecular formula is C28H17NS. The largest absolute Gasteiger partial charge is 0.353 e. The molecule has 1 N–H and O–H groups in total. The van der Waals surface area contributed by atoms with E-state index in [4.69, 9.17) is 0 Å². The van der Waals surface area contributed by atoms with Crippen LogP contribution in [0, 0.1) is 0 Å². The van der Waals surface area contributed by atoms with E-state index in [9.17, 15) is 0 Å². The highest BCUT2D eigenvalue weighted by Crippen LogP contribution is 2.45. The van der Waals surface area contributed by atoms with E-state index in [0.29, 0.717) is 0 Å². The van der Waals surface area contributed by atoms with Crippen LogP contribution in [0.15, 0.2) is 97.1 Å². The van der Waals surface area contributed by atoms with Crippen molar-refractivity contribution in [1.82, 2.24) is 4.98 Å². The lowest BCUT2D eigenvalue weighted by Gasteiger charge is -2.06. The van der Waals surface area contributed by atoms with Gasteiger partial charge in [-0.05, 0) is 39.4 Å². The summed E-state index contributed by atoms with van der Waals surface area (Å²) in [6.45, 7) is 0. The number of thiophene rings is 1. The fraction of sp³-hybridized carbons (Fsp3) is 0. The fourth-order valence-corrected chi connectivity index (χ4v) is 6.04. The Morgan fingerprint density at radius 2 is 1.17 bits per heavy atom. The van der Waals surface area contributed by atoms with Crippen LogP contribution in [-0.2, 0) is 0 Å². The van der Waals surface area contributed by atoms with Gasteiger partial charge in [0.15, 0.2) is 0 Å². The minimum absolute atomic E-state index is 1.25. The number of hydrogen-bond donors (Lipinski definition) is 1. The Bertz CT molecular complexity index is 1740. The van der Waals surface area contributed by atoms with Crippen molar-refractivity contribution in [2.45, 2.75) is 0 Å². The Morgan fingerprint density at radius 1 is 0.500 bits per heavy atom. The van der Waals surface area contributed by atoms with Crippen molar-refractivity contribution in [2.24, 2.45) is 0 Å². The van der Waals surface area contributed by atoms with Gasteiger partial charge in [-0.2, -0.15) is 0 Å². The Labute approximate surface area is 177 Å². The fourth-order valence-electron chi connectivity index (χ4n) is 4.84. The molecule has 0 bridgehead atoms. The highest BCUT2D eigenvalue weighted by molar-refractivity contribution is 7.26. The van der Waals surface area contributed by atoms with Gasteiger partial charge in [-0.15, -0.1) is 11.3 Å². The number of H-pyrrole nitrogens is 1. The molecule has 0 aliphatic carbocycles. The van der Waals surface area contributed by atoms with E-state index >= 15 is 0 Å². The van der Waals surface area contributed by atoms with Crippen molar-refractivity contribution in [3.63, 3.8) is 0 Å². The van der Waals surface area contributed by atoms with Crippen molar-refractivity contribution in [3.8, 4) is 11.1 Å². The summed E-state index contributed by atoms with van der Waals surface area (Å²) in [6, 6.07) is 35.0. The quantitative estimate of drug-likeness (QED) is 0.266. The molecule has 2 heterocycles. The van der Waals surface area contributed by atoms with E-state index in [2.05, 4.69) is 102 Å². The van der Waals surface area contributed by atoms with Crippen LogP contribution in [0.4, 0.5) is 0 Å². The highest BCUT2D eigenvalue weighted by atomic mass is 32.1. The molecule has 0 saturated heterocycles. The molecule has 0 aliphatic heterocycles. The zero-order chi connectivity index (χ0) is 19.7. The second-order valence-corrected chi connectivity index (χ2v) is 8.90. The predicted octanol–water partition coefficient (Wildman–Crippen LogP) is 8.51. The second-order valence-electron chi connectivity index (χ2n) is 7.85. The molecule has 0 spiro atoms. The monoisotopic (exact) mass is 399 g/mol. The first-order valence-electron chi connectivity index (χ1n) is 10.2. The summed E-state index contributed by atoms with van der Waals surface area (Å²) in [7, 11) is 0. The zero-order valence-electron chi connectivity index (χ0n) is 16.1. The number of aromatic amines is 1. The normalized spacial score (nSPS) is 12.0. The summed E-state index contributed by atoms with van der Waals surface area (Å²) >= 11 is 1.89. The van der Waals surface area contributed by atoms with Gasteiger partial charge in [0.05, 0.1) is 15.7 Å². The number of nitrogens with one attached hydrogen (secondary N) is 1. The van der Waals surface area contributed by atoms with Gasteiger partial charge in [-0.3, -0.25) is 0 Å². The lowest BCUT2D eigenvalue weighted by molar-refractivity contribution is 1.59. The maximum absolute atomic E-state index is 3.83. The van der Waals surface area contributed by atoms with Crippen molar-refractivity contribution in [2.75, 3.05) is 0 Å². The molecule has 0 unspecified atom stereocenters. The number of aromatic nitrogens is 1. The third-order valence-corrected chi connectivity index (χ3v) is 7.39. The number of hydrogen-bond acceptors (Lipinski definition) is 1. The average Bonchev–Trinajstić information content (AvgIpc) is 3.36. The number of benzene rings is 5. The minimum atomic E-state index is 1.25. The Kier molecular flexibility index (Phi) is 3.21. The summed E-state index contributed by atoms with van der Waals surface area (Å²) in [5, 5.41) is 7.91. The van der Waals surface area contributed by atoms with Gasteiger partial charge in [-0.1, -0.05) is 84.9 Å². The van der Waals surface area contributed by atoms with Crippen LogP contribution in [0.5, 0.6) is 0 Å². The third-order valence-electron chi connectivity index (χ3n) is 6.21. The molecular weight excluding hydrogens is 382 g/mol. The lowest BCUT2D eigenvalue weighted by atomic mass is 9.98. The first-order valence-corrected chi connectivity index (χ1v) is 11.0. The van der Waals surface area contributed by atoms with Crippen molar-refractivity contribution in [1.29, 1.82) is 0 Å². The van der Waals surface area contributed by atoms with Crippen LogP contribution >= 0.6 is 11.3 Å². The molecule has 2 heteroatoms. The summed E-state index contributed by atoms with van der Waals surface area (Å²) in [6.07, 6.45) is 0. The predicted molar refractivity (Wildman–Crippen MR) is 132 cm³/mol. The lowest BCUT2D eigenvalue weighted by Crippen LogP contribution is -1.81. The van der Waals surface area contributed by atoms with E-state index in [1.54, 1.807) is 0 Å². The SMILES string of the molecule is c1ccc(-c2ccc3sc4c([nH]c5c6ccccc6c6ccccc6c54)c3c2)cc1. The molecule has 0 atom stereocenters. The summed E-state index contributed by atoms with van der Waals surface area (Å²) in [5.41, 5.74) is 5.02. The van der Waals surface area contributed by atoms with Crippen molar-refractivity contribution >= 4 is 64.1 Å². The zero-order valence-corrected chi connectivity index (χ0v) is 17.0. The topological polar surface area (TPSA) is 15.8 Å². The Balaban J connectivity index is 1.67. The minimum Gasteiger partial charge on any atom is -0.353 e. The standard InChI is InChI=1S/C28H17NS/c1-2-8-17(9-3-1)18-14-15-24-23(16-18)27-28(30-24)25-21-12-6-4-10-19(21)20-11-5-7-13-22(20)26(25)29-27/h1-16,29H. The molecule has 2 aromatic heterocycles. The van der Waals surface area contributed by atoms with Gasteiger partial charge in [0.1, 0.15) is 0 Å². The van der Waals surface area contributed by atoms with Gasteiger partial charge in [-0.25, -0.2) is 0 Å². The first-order chi connectivity index (χ1) is 14.9. The smallest absolute Gasteiger partial charge is 0.0655 e. The maximum atomic E-state index is 3.83. The van der Waals surface area contributed by atoms with Crippen LogP contribution in [0.25, 0.3) is 63.9 Å². The molecule has 140 valence electrons. The molecule has 30 heavy (non-hydrogen) atoms. The summed E-state index contributed by atoms with van der Waals surface area (Å²) in [4.78, 5) is 3.83.